The molecule has 3 rings (SSSR count). The van der Waals surface area contributed by atoms with Crippen LogP contribution >= 0.6 is 11.6 Å². The lowest BCUT2D eigenvalue weighted by molar-refractivity contribution is 0.281. The molecule has 0 amide bonds. The summed E-state index contributed by atoms with van der Waals surface area (Å²) in [4.78, 5) is 8.77. The number of nitrogens with zero attached hydrogens (tertiary/aromatic N) is 2. The molecular weight excluding hydrogens is 276 g/mol. The van der Waals surface area contributed by atoms with Crippen LogP contribution in [0.3, 0.4) is 0 Å². The average molecular weight is 291 g/mol. The minimum atomic E-state index is -0.0198. The van der Waals surface area contributed by atoms with Gasteiger partial charge in [0.2, 0.25) is 5.88 Å². The number of aromatic nitrogens is 2. The molecule has 5 heteroatoms. The van der Waals surface area contributed by atoms with Crippen molar-refractivity contribution in [2.75, 3.05) is 0 Å². The SMILES string of the molecule is Cc1c(Cl)nc(C2CC2)nc1Oc1cccc(CO)c1. The first-order valence-electron chi connectivity index (χ1n) is 6.59. The topological polar surface area (TPSA) is 55.2 Å². The Balaban J connectivity index is 1.92. The highest BCUT2D eigenvalue weighted by atomic mass is 35.5. The van der Waals surface area contributed by atoms with E-state index in [-0.39, 0.29) is 6.61 Å². The summed E-state index contributed by atoms with van der Waals surface area (Å²) < 4.78 is 5.80. The van der Waals surface area contributed by atoms with Crippen molar-refractivity contribution in [1.82, 2.24) is 9.97 Å². The second-order valence-electron chi connectivity index (χ2n) is 4.98. The van der Waals surface area contributed by atoms with Crippen LogP contribution in [-0.4, -0.2) is 15.1 Å². The first-order valence-corrected chi connectivity index (χ1v) is 6.97. The number of benzene rings is 1. The number of ether oxygens (including phenoxy) is 1. The van der Waals surface area contributed by atoms with E-state index in [2.05, 4.69) is 9.97 Å². The first kappa shape index (κ1) is 13.3. The summed E-state index contributed by atoms with van der Waals surface area (Å²) in [5, 5.41) is 9.59. The van der Waals surface area contributed by atoms with Gasteiger partial charge in [-0.2, -0.15) is 4.98 Å². The van der Waals surface area contributed by atoms with Crippen LogP contribution < -0.4 is 4.74 Å². The van der Waals surface area contributed by atoms with Gasteiger partial charge in [-0.1, -0.05) is 23.7 Å². The summed E-state index contributed by atoms with van der Waals surface area (Å²) in [7, 11) is 0. The van der Waals surface area contributed by atoms with E-state index in [1.165, 1.54) is 0 Å². The smallest absolute Gasteiger partial charge is 0.226 e. The Kier molecular flexibility index (Phi) is 3.59. The molecule has 0 atom stereocenters. The van der Waals surface area contributed by atoms with E-state index >= 15 is 0 Å². The molecule has 1 aliphatic carbocycles. The van der Waals surface area contributed by atoms with Crippen molar-refractivity contribution in [3.63, 3.8) is 0 Å². The van der Waals surface area contributed by atoms with Gasteiger partial charge in [0.1, 0.15) is 16.7 Å². The zero-order chi connectivity index (χ0) is 14.1. The van der Waals surface area contributed by atoms with Crippen molar-refractivity contribution in [2.45, 2.75) is 32.3 Å². The lowest BCUT2D eigenvalue weighted by atomic mass is 10.2. The molecule has 1 heterocycles. The van der Waals surface area contributed by atoms with Crippen molar-refractivity contribution in [3.05, 3.63) is 46.4 Å². The van der Waals surface area contributed by atoms with Gasteiger partial charge >= 0.3 is 0 Å². The van der Waals surface area contributed by atoms with Crippen LogP contribution in [0, 0.1) is 6.92 Å². The fourth-order valence-electron chi connectivity index (χ4n) is 1.93. The van der Waals surface area contributed by atoms with Crippen LogP contribution in [0.5, 0.6) is 11.6 Å². The molecule has 0 unspecified atom stereocenters. The number of rotatable bonds is 4. The summed E-state index contributed by atoms with van der Waals surface area (Å²) in [6, 6.07) is 7.28. The molecule has 0 bridgehead atoms. The van der Waals surface area contributed by atoms with E-state index in [0.717, 1.165) is 29.8 Å². The standard InChI is InChI=1S/C15H15ClN2O2/c1-9-13(16)17-14(11-5-6-11)18-15(9)20-12-4-2-3-10(7-12)8-19/h2-4,7,11,19H,5-6,8H2,1H3. The molecule has 1 N–H and O–H groups in total. The first-order chi connectivity index (χ1) is 9.67. The molecule has 1 aliphatic rings. The molecule has 0 saturated heterocycles. The maximum atomic E-state index is 9.15. The van der Waals surface area contributed by atoms with Gasteiger partial charge < -0.3 is 9.84 Å². The van der Waals surface area contributed by atoms with Crippen molar-refractivity contribution >= 4 is 11.6 Å². The van der Waals surface area contributed by atoms with Crippen LogP contribution in [0.15, 0.2) is 24.3 Å². The van der Waals surface area contributed by atoms with Crippen molar-refractivity contribution in [3.8, 4) is 11.6 Å². The molecule has 0 aliphatic heterocycles. The van der Waals surface area contributed by atoms with Gasteiger partial charge in [-0.25, -0.2) is 4.98 Å². The van der Waals surface area contributed by atoms with E-state index in [4.69, 9.17) is 21.4 Å². The average Bonchev–Trinajstić information content (AvgIpc) is 3.28. The Morgan fingerprint density at radius 1 is 1.35 bits per heavy atom. The highest BCUT2D eigenvalue weighted by molar-refractivity contribution is 6.30. The molecule has 0 spiro atoms. The van der Waals surface area contributed by atoms with E-state index in [1.54, 1.807) is 6.07 Å². The Morgan fingerprint density at radius 2 is 2.15 bits per heavy atom. The second-order valence-corrected chi connectivity index (χ2v) is 5.34. The fourth-order valence-corrected chi connectivity index (χ4v) is 2.10. The molecule has 104 valence electrons. The van der Waals surface area contributed by atoms with Gasteiger partial charge in [0.05, 0.1) is 6.61 Å². The van der Waals surface area contributed by atoms with Crippen molar-refractivity contribution in [2.24, 2.45) is 0 Å². The zero-order valence-corrected chi connectivity index (χ0v) is 11.9. The van der Waals surface area contributed by atoms with Gasteiger partial charge in [-0.05, 0) is 37.5 Å². The molecule has 1 aromatic carbocycles. The van der Waals surface area contributed by atoms with E-state index < -0.39 is 0 Å². The second kappa shape index (κ2) is 5.38. The number of halogens is 1. The summed E-state index contributed by atoms with van der Waals surface area (Å²) in [6.07, 6.45) is 2.22. The molecular formula is C15H15ClN2O2. The van der Waals surface area contributed by atoms with Crippen molar-refractivity contribution in [1.29, 1.82) is 0 Å². The minimum absolute atomic E-state index is 0.0198. The number of hydrogen-bond donors (Lipinski definition) is 1. The third-order valence-corrected chi connectivity index (χ3v) is 3.67. The predicted molar refractivity (Wildman–Crippen MR) is 76.2 cm³/mol. The largest absolute Gasteiger partial charge is 0.439 e. The van der Waals surface area contributed by atoms with Crippen LogP contribution in [0.25, 0.3) is 0 Å². The summed E-state index contributed by atoms with van der Waals surface area (Å²) in [5.74, 6) is 2.30. The van der Waals surface area contributed by atoms with Crippen molar-refractivity contribution < 1.29 is 9.84 Å². The van der Waals surface area contributed by atoms with Crippen LogP contribution in [-0.2, 0) is 6.61 Å². The molecule has 1 aromatic heterocycles. The van der Waals surface area contributed by atoms with E-state index in [0.29, 0.717) is 22.7 Å². The highest BCUT2D eigenvalue weighted by Crippen LogP contribution is 2.40. The molecule has 1 saturated carbocycles. The van der Waals surface area contributed by atoms with Crippen LogP contribution in [0.4, 0.5) is 0 Å². The number of aliphatic hydroxyl groups excluding tert-OH is 1. The third kappa shape index (κ3) is 2.76. The molecule has 0 radical (unpaired) electrons. The molecule has 20 heavy (non-hydrogen) atoms. The summed E-state index contributed by atoms with van der Waals surface area (Å²) in [6.45, 7) is 1.82. The van der Waals surface area contributed by atoms with Gasteiger partial charge in [0.25, 0.3) is 0 Å². The maximum absolute atomic E-state index is 9.15. The zero-order valence-electron chi connectivity index (χ0n) is 11.1. The normalized spacial score (nSPS) is 14.3. The summed E-state index contributed by atoms with van der Waals surface area (Å²) in [5.41, 5.74) is 1.52. The van der Waals surface area contributed by atoms with Gasteiger partial charge in [0.15, 0.2) is 0 Å². The van der Waals surface area contributed by atoms with Gasteiger partial charge in [0, 0.05) is 11.5 Å². The van der Waals surface area contributed by atoms with E-state index in [9.17, 15) is 0 Å². The van der Waals surface area contributed by atoms with Gasteiger partial charge in [-0.15, -0.1) is 0 Å². The third-order valence-electron chi connectivity index (χ3n) is 3.30. The molecule has 4 nitrogen and oxygen atoms in total. The van der Waals surface area contributed by atoms with Gasteiger partial charge in [-0.3, -0.25) is 0 Å². The fraction of sp³-hybridized carbons (Fsp3) is 0.333. The monoisotopic (exact) mass is 290 g/mol. The highest BCUT2D eigenvalue weighted by Gasteiger charge is 2.28. The Labute approximate surface area is 122 Å². The molecule has 1 fully saturated rings. The van der Waals surface area contributed by atoms with E-state index in [1.807, 2.05) is 25.1 Å². The molecule has 2 aromatic rings. The number of aliphatic hydroxyl groups is 1. The van der Waals surface area contributed by atoms with Crippen LogP contribution in [0.1, 0.15) is 35.7 Å². The lowest BCUT2D eigenvalue weighted by Crippen LogP contribution is -2.00. The number of hydrogen-bond acceptors (Lipinski definition) is 4. The predicted octanol–water partition coefficient (Wildman–Crippen LogP) is 3.60. The maximum Gasteiger partial charge on any atom is 0.226 e. The van der Waals surface area contributed by atoms with Crippen LogP contribution in [0.2, 0.25) is 5.15 Å². The quantitative estimate of drug-likeness (QED) is 0.874. The lowest BCUT2D eigenvalue weighted by Gasteiger charge is -2.10. The minimum Gasteiger partial charge on any atom is -0.439 e. The Hall–Kier alpha value is -1.65. The Bertz CT molecular complexity index is 642. The summed E-state index contributed by atoms with van der Waals surface area (Å²) >= 11 is 6.14. The Morgan fingerprint density at radius 3 is 2.85 bits per heavy atom.